The molecule has 6 heteroatoms. The number of carbonyl (C=O) groups is 1. The number of unbranched alkanes of at least 4 members (excludes halogenated alkanes) is 1. The van der Waals surface area contributed by atoms with E-state index >= 15 is 0 Å². The van der Waals surface area contributed by atoms with Gasteiger partial charge in [-0.2, -0.15) is 0 Å². The van der Waals surface area contributed by atoms with Gasteiger partial charge in [-0.05, 0) is 63.5 Å². The van der Waals surface area contributed by atoms with Crippen LogP contribution in [0.3, 0.4) is 0 Å². The average Bonchev–Trinajstić information content (AvgIpc) is 3.23. The Balaban J connectivity index is 1.71. The SMILES string of the molecule is CCCCN1CCN(C(=O)Cc2ccc(Cl)c(Cl)c2)C([C@H](C)N2CCCC2)C1. The lowest BCUT2D eigenvalue weighted by Crippen LogP contribution is -2.62. The van der Waals surface area contributed by atoms with Crippen molar-refractivity contribution in [2.45, 2.75) is 58.0 Å². The summed E-state index contributed by atoms with van der Waals surface area (Å²) in [6, 6.07) is 6.14. The van der Waals surface area contributed by atoms with Crippen molar-refractivity contribution in [2.24, 2.45) is 0 Å². The third-order valence-corrected chi connectivity index (χ3v) is 7.00. The number of carbonyl (C=O) groups excluding carboxylic acids is 1. The molecule has 2 fully saturated rings. The number of piperazine rings is 1. The first-order valence-corrected chi connectivity index (χ1v) is 11.4. The fourth-order valence-electron chi connectivity index (χ4n) is 4.49. The molecule has 0 bridgehead atoms. The molecule has 4 nitrogen and oxygen atoms in total. The fraction of sp³-hybridized carbons (Fsp3) is 0.682. The Labute approximate surface area is 179 Å². The van der Waals surface area contributed by atoms with Crippen molar-refractivity contribution in [3.05, 3.63) is 33.8 Å². The fourth-order valence-corrected chi connectivity index (χ4v) is 4.82. The van der Waals surface area contributed by atoms with Gasteiger partial charge in [-0.1, -0.05) is 42.6 Å². The van der Waals surface area contributed by atoms with Gasteiger partial charge < -0.3 is 4.90 Å². The normalized spacial score (nSPS) is 22.6. The monoisotopic (exact) mass is 425 g/mol. The van der Waals surface area contributed by atoms with Crippen LogP contribution in [0.2, 0.25) is 10.0 Å². The zero-order valence-electron chi connectivity index (χ0n) is 17.2. The van der Waals surface area contributed by atoms with Gasteiger partial charge >= 0.3 is 0 Å². The smallest absolute Gasteiger partial charge is 0.227 e. The average molecular weight is 426 g/mol. The lowest BCUT2D eigenvalue weighted by molar-refractivity contribution is -0.137. The summed E-state index contributed by atoms with van der Waals surface area (Å²) in [5, 5.41) is 1.04. The van der Waals surface area contributed by atoms with Crippen molar-refractivity contribution in [3.8, 4) is 0 Å². The third-order valence-electron chi connectivity index (χ3n) is 6.26. The lowest BCUT2D eigenvalue weighted by atomic mass is 10.0. The first-order chi connectivity index (χ1) is 13.5. The molecule has 0 N–H and O–H groups in total. The summed E-state index contributed by atoms with van der Waals surface area (Å²) < 4.78 is 0. The van der Waals surface area contributed by atoms with E-state index in [-0.39, 0.29) is 11.9 Å². The van der Waals surface area contributed by atoms with Crippen molar-refractivity contribution in [3.63, 3.8) is 0 Å². The van der Waals surface area contributed by atoms with E-state index in [0.29, 0.717) is 22.5 Å². The number of rotatable bonds is 7. The highest BCUT2D eigenvalue weighted by Gasteiger charge is 2.36. The first kappa shape index (κ1) is 21.9. The van der Waals surface area contributed by atoms with E-state index in [1.165, 1.54) is 25.7 Å². The zero-order chi connectivity index (χ0) is 20.1. The van der Waals surface area contributed by atoms with E-state index < -0.39 is 0 Å². The number of nitrogens with zero attached hydrogens (tertiary/aromatic N) is 3. The minimum absolute atomic E-state index is 0.199. The number of hydrogen-bond acceptors (Lipinski definition) is 3. The van der Waals surface area contributed by atoms with Gasteiger partial charge in [-0.3, -0.25) is 14.6 Å². The predicted octanol–water partition coefficient (Wildman–Crippen LogP) is 4.33. The van der Waals surface area contributed by atoms with Crippen molar-refractivity contribution in [1.29, 1.82) is 0 Å². The molecular weight excluding hydrogens is 393 g/mol. The lowest BCUT2D eigenvalue weighted by Gasteiger charge is -2.46. The Kier molecular flexibility index (Phi) is 8.04. The first-order valence-electron chi connectivity index (χ1n) is 10.7. The van der Waals surface area contributed by atoms with Gasteiger partial charge in [0, 0.05) is 25.7 Å². The predicted molar refractivity (Wildman–Crippen MR) is 117 cm³/mol. The molecule has 0 saturated carbocycles. The molecule has 1 amide bonds. The van der Waals surface area contributed by atoms with Crippen LogP contribution in [0.5, 0.6) is 0 Å². The second kappa shape index (κ2) is 10.3. The van der Waals surface area contributed by atoms with Crippen LogP contribution < -0.4 is 0 Å². The van der Waals surface area contributed by atoms with Crippen LogP contribution in [0.1, 0.15) is 45.1 Å². The molecule has 1 aromatic rings. The Morgan fingerprint density at radius 1 is 1.14 bits per heavy atom. The van der Waals surface area contributed by atoms with Crippen LogP contribution in [0.4, 0.5) is 0 Å². The van der Waals surface area contributed by atoms with Crippen molar-refractivity contribution in [1.82, 2.24) is 14.7 Å². The van der Waals surface area contributed by atoms with Gasteiger partial charge in [0.1, 0.15) is 0 Å². The second-order valence-electron chi connectivity index (χ2n) is 8.22. The molecule has 0 spiro atoms. The van der Waals surface area contributed by atoms with Gasteiger partial charge in [0.2, 0.25) is 5.91 Å². The highest BCUT2D eigenvalue weighted by Crippen LogP contribution is 2.25. The number of benzene rings is 1. The Morgan fingerprint density at radius 3 is 2.57 bits per heavy atom. The van der Waals surface area contributed by atoms with E-state index in [1.54, 1.807) is 6.07 Å². The molecule has 0 aromatic heterocycles. The molecule has 2 atom stereocenters. The summed E-state index contributed by atoms with van der Waals surface area (Å²) in [4.78, 5) is 20.5. The van der Waals surface area contributed by atoms with Gasteiger partial charge in [0.25, 0.3) is 0 Å². The molecule has 28 heavy (non-hydrogen) atoms. The van der Waals surface area contributed by atoms with Crippen LogP contribution >= 0.6 is 23.2 Å². The Morgan fingerprint density at radius 2 is 1.89 bits per heavy atom. The molecule has 1 aromatic carbocycles. The van der Waals surface area contributed by atoms with E-state index in [0.717, 1.165) is 44.8 Å². The van der Waals surface area contributed by atoms with E-state index in [9.17, 15) is 4.79 Å². The number of halogens is 2. The zero-order valence-corrected chi connectivity index (χ0v) is 18.7. The number of likely N-dealkylation sites (tertiary alicyclic amines) is 1. The van der Waals surface area contributed by atoms with Gasteiger partial charge in [0.05, 0.1) is 22.5 Å². The highest BCUT2D eigenvalue weighted by atomic mass is 35.5. The number of amides is 1. The third kappa shape index (κ3) is 5.41. The maximum absolute atomic E-state index is 13.2. The molecule has 2 saturated heterocycles. The van der Waals surface area contributed by atoms with Crippen molar-refractivity contribution >= 4 is 29.1 Å². The summed E-state index contributed by atoms with van der Waals surface area (Å²) in [6.45, 7) is 10.7. The second-order valence-corrected chi connectivity index (χ2v) is 9.03. The quantitative estimate of drug-likeness (QED) is 0.649. The molecular formula is C22H33Cl2N3O. The van der Waals surface area contributed by atoms with Crippen LogP contribution in [0.25, 0.3) is 0 Å². The molecule has 0 radical (unpaired) electrons. The summed E-state index contributed by atoms with van der Waals surface area (Å²) in [6.07, 6.45) is 5.36. The summed E-state index contributed by atoms with van der Waals surface area (Å²) >= 11 is 12.2. The van der Waals surface area contributed by atoms with E-state index in [4.69, 9.17) is 23.2 Å². The Hall–Kier alpha value is -0.810. The minimum Gasteiger partial charge on any atom is -0.335 e. The maximum atomic E-state index is 13.2. The standard InChI is InChI=1S/C22H33Cl2N3O/c1-3-4-9-25-12-13-27(21(16-25)17(2)26-10-5-6-11-26)22(28)15-18-7-8-19(23)20(24)14-18/h7-8,14,17,21H,3-6,9-13,15-16H2,1-2H3/t17-,21?/m0/s1. The van der Waals surface area contributed by atoms with Crippen LogP contribution in [0.15, 0.2) is 18.2 Å². The largest absolute Gasteiger partial charge is 0.335 e. The Bertz CT molecular complexity index is 663. The van der Waals surface area contributed by atoms with Crippen LogP contribution in [-0.2, 0) is 11.2 Å². The van der Waals surface area contributed by atoms with E-state index in [2.05, 4.69) is 28.5 Å². The van der Waals surface area contributed by atoms with Gasteiger partial charge in [0.15, 0.2) is 0 Å². The molecule has 3 rings (SSSR count). The summed E-state index contributed by atoms with van der Waals surface area (Å²) in [7, 11) is 0. The molecule has 1 unspecified atom stereocenters. The van der Waals surface area contributed by atoms with Gasteiger partial charge in [-0.15, -0.1) is 0 Å². The molecule has 156 valence electrons. The van der Waals surface area contributed by atoms with Crippen molar-refractivity contribution in [2.75, 3.05) is 39.3 Å². The topological polar surface area (TPSA) is 26.8 Å². The summed E-state index contributed by atoms with van der Waals surface area (Å²) in [5.74, 6) is 0.199. The molecule has 0 aliphatic carbocycles. The summed E-state index contributed by atoms with van der Waals surface area (Å²) in [5.41, 5.74) is 0.931. The number of hydrogen-bond donors (Lipinski definition) is 0. The van der Waals surface area contributed by atoms with E-state index in [1.807, 2.05) is 12.1 Å². The molecule has 2 aliphatic heterocycles. The maximum Gasteiger partial charge on any atom is 0.227 e. The molecule has 2 aliphatic rings. The minimum atomic E-state index is 0.199. The highest BCUT2D eigenvalue weighted by molar-refractivity contribution is 6.42. The van der Waals surface area contributed by atoms with Crippen molar-refractivity contribution < 1.29 is 4.79 Å². The molecule has 2 heterocycles. The van der Waals surface area contributed by atoms with Crippen LogP contribution in [0, 0.1) is 0 Å². The van der Waals surface area contributed by atoms with Gasteiger partial charge in [-0.25, -0.2) is 0 Å². The van der Waals surface area contributed by atoms with Crippen LogP contribution in [-0.4, -0.2) is 72.0 Å².